The van der Waals surface area contributed by atoms with Crippen molar-refractivity contribution in [3.05, 3.63) is 95.1 Å². The van der Waals surface area contributed by atoms with E-state index in [-0.39, 0.29) is 5.91 Å². The summed E-state index contributed by atoms with van der Waals surface area (Å²) in [6.07, 6.45) is 0. The molecule has 0 saturated heterocycles. The third-order valence-electron chi connectivity index (χ3n) is 4.97. The molecule has 0 radical (unpaired) electrons. The smallest absolute Gasteiger partial charge is 0.251 e. The summed E-state index contributed by atoms with van der Waals surface area (Å²) in [5.74, 6) is 1.04. The molecule has 4 heteroatoms. The number of nitrogens with zero attached hydrogens (tertiary/aromatic N) is 1. The lowest BCUT2D eigenvalue weighted by Crippen LogP contribution is -2.29. The SMILES string of the molecule is Cc1ccc(CNC(=O)c2ccc3c(c2)N(Cc2ccccc2)CCS3)cc1. The number of carbonyl (C=O) groups excluding carboxylic acids is 1. The average Bonchev–Trinajstić information content (AvgIpc) is 2.74. The molecule has 1 aliphatic heterocycles. The van der Waals surface area contributed by atoms with E-state index in [1.165, 1.54) is 16.0 Å². The molecular formula is C24H24N2OS. The molecule has 0 aliphatic carbocycles. The van der Waals surface area contributed by atoms with Crippen molar-refractivity contribution in [3.63, 3.8) is 0 Å². The summed E-state index contributed by atoms with van der Waals surface area (Å²) in [5, 5.41) is 3.04. The number of hydrogen-bond donors (Lipinski definition) is 1. The predicted octanol–water partition coefficient (Wildman–Crippen LogP) is 5.04. The summed E-state index contributed by atoms with van der Waals surface area (Å²) in [7, 11) is 0. The number of rotatable bonds is 5. The number of carbonyl (C=O) groups is 1. The lowest BCUT2D eigenvalue weighted by atomic mass is 10.1. The number of aryl methyl sites for hydroxylation is 1. The van der Waals surface area contributed by atoms with Crippen LogP contribution in [0.1, 0.15) is 27.0 Å². The Hall–Kier alpha value is -2.72. The molecule has 0 atom stereocenters. The van der Waals surface area contributed by atoms with Gasteiger partial charge in [0.1, 0.15) is 0 Å². The van der Waals surface area contributed by atoms with E-state index in [1.54, 1.807) is 0 Å². The van der Waals surface area contributed by atoms with Gasteiger partial charge in [-0.05, 0) is 36.2 Å². The number of fused-ring (bicyclic) bond motifs is 1. The number of nitrogens with one attached hydrogen (secondary N) is 1. The van der Waals surface area contributed by atoms with Gasteiger partial charge in [-0.15, -0.1) is 11.8 Å². The monoisotopic (exact) mass is 388 g/mol. The zero-order chi connectivity index (χ0) is 19.3. The third kappa shape index (κ3) is 4.39. The van der Waals surface area contributed by atoms with Gasteiger partial charge in [-0.3, -0.25) is 4.79 Å². The minimum Gasteiger partial charge on any atom is -0.365 e. The average molecular weight is 389 g/mol. The molecule has 0 fully saturated rings. The number of amides is 1. The van der Waals surface area contributed by atoms with Gasteiger partial charge in [-0.25, -0.2) is 0 Å². The van der Waals surface area contributed by atoms with Crippen molar-refractivity contribution in [1.82, 2.24) is 5.32 Å². The van der Waals surface area contributed by atoms with Gasteiger partial charge in [0, 0.05) is 35.8 Å². The van der Waals surface area contributed by atoms with Crippen LogP contribution in [-0.4, -0.2) is 18.2 Å². The first-order valence-corrected chi connectivity index (χ1v) is 10.6. The van der Waals surface area contributed by atoms with E-state index in [2.05, 4.69) is 71.7 Å². The number of thioether (sulfide) groups is 1. The van der Waals surface area contributed by atoms with Crippen LogP contribution in [0.25, 0.3) is 0 Å². The minimum atomic E-state index is -0.0291. The highest BCUT2D eigenvalue weighted by molar-refractivity contribution is 7.99. The molecule has 0 spiro atoms. The minimum absolute atomic E-state index is 0.0291. The summed E-state index contributed by atoms with van der Waals surface area (Å²) >= 11 is 1.86. The zero-order valence-corrected chi connectivity index (χ0v) is 16.8. The number of benzene rings is 3. The second-order valence-electron chi connectivity index (χ2n) is 7.11. The Morgan fingerprint density at radius 2 is 1.79 bits per heavy atom. The van der Waals surface area contributed by atoms with Crippen molar-refractivity contribution in [3.8, 4) is 0 Å². The van der Waals surface area contributed by atoms with E-state index in [9.17, 15) is 4.79 Å². The summed E-state index contributed by atoms with van der Waals surface area (Å²) < 4.78 is 0. The number of anilines is 1. The van der Waals surface area contributed by atoms with E-state index in [0.29, 0.717) is 12.1 Å². The number of hydrogen-bond acceptors (Lipinski definition) is 3. The van der Waals surface area contributed by atoms with Crippen LogP contribution in [0.15, 0.2) is 77.7 Å². The van der Waals surface area contributed by atoms with Crippen LogP contribution in [0, 0.1) is 6.92 Å². The van der Waals surface area contributed by atoms with Crippen LogP contribution < -0.4 is 10.2 Å². The topological polar surface area (TPSA) is 32.3 Å². The van der Waals surface area contributed by atoms with Crippen molar-refractivity contribution < 1.29 is 4.79 Å². The molecule has 1 amide bonds. The fourth-order valence-corrected chi connectivity index (χ4v) is 4.40. The Balaban J connectivity index is 1.49. The van der Waals surface area contributed by atoms with Crippen molar-refractivity contribution in [1.29, 1.82) is 0 Å². The molecule has 3 aromatic rings. The molecule has 1 heterocycles. The molecule has 3 nitrogen and oxygen atoms in total. The molecule has 1 N–H and O–H groups in total. The molecule has 0 bridgehead atoms. The van der Waals surface area contributed by atoms with Gasteiger partial charge in [-0.2, -0.15) is 0 Å². The summed E-state index contributed by atoms with van der Waals surface area (Å²) in [6.45, 7) is 4.46. The van der Waals surface area contributed by atoms with Gasteiger partial charge < -0.3 is 10.2 Å². The Morgan fingerprint density at radius 3 is 2.57 bits per heavy atom. The standard InChI is InChI=1S/C24H24N2OS/c1-18-7-9-19(10-8-18)16-25-24(27)21-11-12-23-22(15-21)26(13-14-28-23)17-20-5-3-2-4-6-20/h2-12,15H,13-14,16-17H2,1H3,(H,25,27). The summed E-state index contributed by atoms with van der Waals surface area (Å²) in [6, 6.07) is 24.8. The second-order valence-corrected chi connectivity index (χ2v) is 8.24. The zero-order valence-electron chi connectivity index (χ0n) is 16.0. The molecule has 0 saturated carbocycles. The molecule has 142 valence electrons. The van der Waals surface area contributed by atoms with E-state index in [4.69, 9.17) is 0 Å². The van der Waals surface area contributed by atoms with Gasteiger partial charge >= 0.3 is 0 Å². The highest BCUT2D eigenvalue weighted by Gasteiger charge is 2.19. The molecule has 3 aromatic carbocycles. The predicted molar refractivity (Wildman–Crippen MR) is 117 cm³/mol. The molecule has 1 aliphatic rings. The van der Waals surface area contributed by atoms with Crippen LogP contribution in [0.5, 0.6) is 0 Å². The van der Waals surface area contributed by atoms with Crippen molar-refractivity contribution >= 4 is 23.4 Å². The van der Waals surface area contributed by atoms with Crippen molar-refractivity contribution in [2.24, 2.45) is 0 Å². The van der Waals surface area contributed by atoms with E-state index in [0.717, 1.165) is 30.1 Å². The quantitative estimate of drug-likeness (QED) is 0.665. The first-order chi connectivity index (χ1) is 13.7. The van der Waals surface area contributed by atoms with Gasteiger partial charge in [0.15, 0.2) is 0 Å². The molecule has 28 heavy (non-hydrogen) atoms. The largest absolute Gasteiger partial charge is 0.365 e. The van der Waals surface area contributed by atoms with E-state index in [1.807, 2.05) is 30.0 Å². The fourth-order valence-electron chi connectivity index (χ4n) is 3.37. The maximum atomic E-state index is 12.7. The van der Waals surface area contributed by atoms with Crippen LogP contribution in [0.2, 0.25) is 0 Å². The van der Waals surface area contributed by atoms with Crippen LogP contribution in [0.3, 0.4) is 0 Å². The summed E-state index contributed by atoms with van der Waals surface area (Å²) in [5.41, 5.74) is 5.49. The van der Waals surface area contributed by atoms with Crippen molar-refractivity contribution in [2.75, 3.05) is 17.2 Å². The maximum absolute atomic E-state index is 12.7. The van der Waals surface area contributed by atoms with Crippen molar-refractivity contribution in [2.45, 2.75) is 24.9 Å². The maximum Gasteiger partial charge on any atom is 0.251 e. The Kier molecular flexibility index (Phi) is 5.68. The fraction of sp³-hybridized carbons (Fsp3) is 0.208. The molecular weight excluding hydrogens is 364 g/mol. The Labute approximate surface area is 170 Å². The van der Waals surface area contributed by atoms with Gasteiger partial charge in [0.25, 0.3) is 5.91 Å². The lowest BCUT2D eigenvalue weighted by Gasteiger charge is -2.31. The second kappa shape index (κ2) is 8.53. The highest BCUT2D eigenvalue weighted by Crippen LogP contribution is 2.36. The molecule has 0 aromatic heterocycles. The highest BCUT2D eigenvalue weighted by atomic mass is 32.2. The first-order valence-electron chi connectivity index (χ1n) is 9.58. The normalized spacial score (nSPS) is 13.1. The summed E-state index contributed by atoms with van der Waals surface area (Å²) in [4.78, 5) is 16.3. The third-order valence-corrected chi connectivity index (χ3v) is 6.01. The molecule has 0 unspecified atom stereocenters. The van der Waals surface area contributed by atoms with E-state index >= 15 is 0 Å². The van der Waals surface area contributed by atoms with Gasteiger partial charge in [0.05, 0.1) is 5.69 Å². The van der Waals surface area contributed by atoms with Gasteiger partial charge in [-0.1, -0.05) is 60.2 Å². The van der Waals surface area contributed by atoms with Gasteiger partial charge in [0.2, 0.25) is 0 Å². The van der Waals surface area contributed by atoms with E-state index < -0.39 is 0 Å². The lowest BCUT2D eigenvalue weighted by molar-refractivity contribution is 0.0951. The van der Waals surface area contributed by atoms with Crippen LogP contribution >= 0.6 is 11.8 Å². The Morgan fingerprint density at radius 1 is 1.00 bits per heavy atom. The first kappa shape index (κ1) is 18.6. The Bertz CT molecular complexity index is 954. The van der Waals surface area contributed by atoms with Crippen LogP contribution in [0.4, 0.5) is 5.69 Å². The molecule has 4 rings (SSSR count). The van der Waals surface area contributed by atoms with Crippen LogP contribution in [-0.2, 0) is 13.1 Å².